The SMILES string of the molecule is CCc1ncc(N)c(CCC2(N)CC2)n1. The minimum absolute atomic E-state index is 0.0732. The molecule has 0 bridgehead atoms. The largest absolute Gasteiger partial charge is 0.396 e. The standard InChI is InChI=1S/C11H18N4/c1-2-10-14-7-8(12)9(15-10)3-4-11(13)5-6-11/h7H,2-6,12-13H2,1H3. The maximum Gasteiger partial charge on any atom is 0.128 e. The van der Waals surface area contributed by atoms with Gasteiger partial charge in [-0.3, -0.25) is 0 Å². The Morgan fingerprint density at radius 1 is 1.47 bits per heavy atom. The summed E-state index contributed by atoms with van der Waals surface area (Å²) in [6, 6.07) is 0. The topological polar surface area (TPSA) is 77.8 Å². The van der Waals surface area contributed by atoms with Crippen molar-refractivity contribution in [3.05, 3.63) is 17.7 Å². The molecule has 0 amide bonds. The number of rotatable bonds is 4. The first-order chi connectivity index (χ1) is 7.13. The first-order valence-electron chi connectivity index (χ1n) is 5.52. The van der Waals surface area contributed by atoms with Crippen molar-refractivity contribution in [1.82, 2.24) is 9.97 Å². The van der Waals surface area contributed by atoms with E-state index in [0.717, 1.165) is 43.6 Å². The molecule has 0 aromatic carbocycles. The van der Waals surface area contributed by atoms with Crippen LogP contribution in [0.2, 0.25) is 0 Å². The first-order valence-corrected chi connectivity index (χ1v) is 5.52. The van der Waals surface area contributed by atoms with Crippen molar-refractivity contribution in [3.8, 4) is 0 Å². The fraction of sp³-hybridized carbons (Fsp3) is 0.636. The van der Waals surface area contributed by atoms with Crippen molar-refractivity contribution in [2.45, 2.75) is 44.6 Å². The van der Waals surface area contributed by atoms with Gasteiger partial charge in [-0.15, -0.1) is 0 Å². The van der Waals surface area contributed by atoms with Crippen molar-refractivity contribution < 1.29 is 0 Å². The quantitative estimate of drug-likeness (QED) is 0.771. The van der Waals surface area contributed by atoms with E-state index in [1.165, 1.54) is 0 Å². The molecule has 1 aromatic heterocycles. The summed E-state index contributed by atoms with van der Waals surface area (Å²) in [5.74, 6) is 0.862. The van der Waals surface area contributed by atoms with Crippen LogP contribution in [0.4, 0.5) is 5.69 Å². The van der Waals surface area contributed by atoms with Gasteiger partial charge in [-0.05, 0) is 25.7 Å². The average molecular weight is 206 g/mol. The Hall–Kier alpha value is -1.16. The van der Waals surface area contributed by atoms with Crippen molar-refractivity contribution in [3.63, 3.8) is 0 Å². The third-order valence-electron chi connectivity index (χ3n) is 3.02. The van der Waals surface area contributed by atoms with Crippen LogP contribution >= 0.6 is 0 Å². The van der Waals surface area contributed by atoms with Crippen LogP contribution in [-0.2, 0) is 12.8 Å². The van der Waals surface area contributed by atoms with Gasteiger partial charge in [0, 0.05) is 12.0 Å². The van der Waals surface area contributed by atoms with E-state index >= 15 is 0 Å². The van der Waals surface area contributed by atoms with E-state index in [1.807, 2.05) is 6.92 Å². The van der Waals surface area contributed by atoms with Gasteiger partial charge in [0.15, 0.2) is 0 Å². The molecule has 15 heavy (non-hydrogen) atoms. The lowest BCUT2D eigenvalue weighted by atomic mass is 10.1. The van der Waals surface area contributed by atoms with E-state index in [1.54, 1.807) is 6.20 Å². The van der Waals surface area contributed by atoms with Crippen LogP contribution in [-0.4, -0.2) is 15.5 Å². The fourth-order valence-electron chi connectivity index (χ4n) is 1.62. The zero-order valence-electron chi connectivity index (χ0n) is 9.16. The highest BCUT2D eigenvalue weighted by molar-refractivity contribution is 5.40. The number of aromatic nitrogens is 2. The summed E-state index contributed by atoms with van der Waals surface area (Å²) in [6.45, 7) is 2.04. The molecule has 4 nitrogen and oxygen atoms in total. The molecule has 0 unspecified atom stereocenters. The van der Waals surface area contributed by atoms with Crippen LogP contribution in [0.15, 0.2) is 6.20 Å². The van der Waals surface area contributed by atoms with Gasteiger partial charge >= 0.3 is 0 Å². The van der Waals surface area contributed by atoms with Crippen LogP contribution < -0.4 is 11.5 Å². The molecule has 0 aliphatic heterocycles. The van der Waals surface area contributed by atoms with Gasteiger partial charge in [-0.1, -0.05) is 6.92 Å². The number of nitrogens with zero attached hydrogens (tertiary/aromatic N) is 2. The first kappa shape index (κ1) is 10.4. The van der Waals surface area contributed by atoms with Gasteiger partial charge in [-0.25, -0.2) is 9.97 Å². The predicted molar refractivity (Wildman–Crippen MR) is 60.3 cm³/mol. The normalized spacial score (nSPS) is 17.7. The fourth-order valence-corrected chi connectivity index (χ4v) is 1.62. The number of aryl methyl sites for hydroxylation is 2. The lowest BCUT2D eigenvalue weighted by molar-refractivity contribution is 0.602. The Bertz CT molecular complexity index is 358. The maximum absolute atomic E-state index is 6.03. The average Bonchev–Trinajstić information content (AvgIpc) is 2.96. The third-order valence-corrected chi connectivity index (χ3v) is 3.02. The molecule has 1 heterocycles. The third kappa shape index (κ3) is 2.45. The molecule has 4 heteroatoms. The summed E-state index contributed by atoms with van der Waals surface area (Å²) >= 11 is 0. The van der Waals surface area contributed by atoms with Gasteiger partial charge in [0.05, 0.1) is 17.6 Å². The lowest BCUT2D eigenvalue weighted by Crippen LogP contribution is -2.22. The van der Waals surface area contributed by atoms with E-state index in [2.05, 4.69) is 9.97 Å². The second-order valence-corrected chi connectivity index (χ2v) is 4.40. The molecular weight excluding hydrogens is 188 g/mol. The summed E-state index contributed by atoms with van der Waals surface area (Å²) in [5.41, 5.74) is 13.6. The maximum atomic E-state index is 6.03. The number of nitrogens with two attached hydrogens (primary N) is 2. The number of anilines is 1. The molecule has 0 radical (unpaired) electrons. The van der Waals surface area contributed by atoms with Gasteiger partial charge in [0.1, 0.15) is 5.82 Å². The Morgan fingerprint density at radius 3 is 2.80 bits per heavy atom. The molecule has 1 aromatic rings. The summed E-state index contributed by atoms with van der Waals surface area (Å²) < 4.78 is 0. The van der Waals surface area contributed by atoms with Crippen LogP contribution in [0.1, 0.15) is 37.7 Å². The van der Waals surface area contributed by atoms with E-state index in [9.17, 15) is 0 Å². The summed E-state index contributed by atoms with van der Waals surface area (Å²) in [4.78, 5) is 8.58. The minimum Gasteiger partial charge on any atom is -0.396 e. The zero-order chi connectivity index (χ0) is 10.9. The van der Waals surface area contributed by atoms with Crippen molar-refractivity contribution >= 4 is 5.69 Å². The summed E-state index contributed by atoms with van der Waals surface area (Å²) in [5, 5.41) is 0. The van der Waals surface area contributed by atoms with Crippen LogP contribution in [0.25, 0.3) is 0 Å². The molecule has 1 fully saturated rings. The second-order valence-electron chi connectivity index (χ2n) is 4.40. The van der Waals surface area contributed by atoms with Gasteiger partial charge in [0.2, 0.25) is 0 Å². The van der Waals surface area contributed by atoms with Crippen molar-refractivity contribution in [1.29, 1.82) is 0 Å². The highest BCUT2D eigenvalue weighted by Gasteiger charge is 2.37. The Labute approximate surface area is 90.1 Å². The molecule has 0 atom stereocenters. The van der Waals surface area contributed by atoms with Crippen LogP contribution in [0, 0.1) is 0 Å². The highest BCUT2D eigenvalue weighted by Crippen LogP contribution is 2.36. The zero-order valence-corrected chi connectivity index (χ0v) is 9.16. The smallest absolute Gasteiger partial charge is 0.128 e. The molecule has 0 spiro atoms. The van der Waals surface area contributed by atoms with Crippen molar-refractivity contribution in [2.75, 3.05) is 5.73 Å². The monoisotopic (exact) mass is 206 g/mol. The number of nitrogen functional groups attached to an aromatic ring is 1. The minimum atomic E-state index is 0.0732. The van der Waals surface area contributed by atoms with E-state index in [4.69, 9.17) is 11.5 Å². The Morgan fingerprint density at radius 2 is 2.20 bits per heavy atom. The molecule has 4 N–H and O–H groups in total. The second kappa shape index (κ2) is 3.77. The van der Waals surface area contributed by atoms with Gasteiger partial charge < -0.3 is 11.5 Å². The van der Waals surface area contributed by atoms with Crippen molar-refractivity contribution in [2.24, 2.45) is 5.73 Å². The van der Waals surface area contributed by atoms with Gasteiger partial charge in [-0.2, -0.15) is 0 Å². The summed E-state index contributed by atoms with van der Waals surface area (Å²) in [7, 11) is 0. The van der Waals surface area contributed by atoms with E-state index in [0.29, 0.717) is 5.69 Å². The molecule has 1 saturated carbocycles. The van der Waals surface area contributed by atoms with Gasteiger partial charge in [0.25, 0.3) is 0 Å². The van der Waals surface area contributed by atoms with E-state index < -0.39 is 0 Å². The lowest BCUT2D eigenvalue weighted by Gasteiger charge is -2.09. The van der Waals surface area contributed by atoms with Crippen LogP contribution in [0.5, 0.6) is 0 Å². The molecule has 1 aliphatic rings. The Kier molecular flexibility index (Phi) is 2.61. The number of hydrogen-bond acceptors (Lipinski definition) is 4. The Balaban J connectivity index is 2.05. The molecular formula is C11H18N4. The molecule has 82 valence electrons. The number of hydrogen-bond donors (Lipinski definition) is 2. The predicted octanol–water partition coefficient (Wildman–Crippen LogP) is 1.05. The summed E-state index contributed by atoms with van der Waals surface area (Å²) in [6.07, 6.45) is 6.69. The van der Waals surface area contributed by atoms with Crippen LogP contribution in [0.3, 0.4) is 0 Å². The van der Waals surface area contributed by atoms with E-state index in [-0.39, 0.29) is 5.54 Å². The molecule has 1 aliphatic carbocycles. The highest BCUT2D eigenvalue weighted by atomic mass is 14.9. The molecule has 2 rings (SSSR count). The molecule has 0 saturated heterocycles.